The molecular weight excluding hydrogens is 226 g/mol. The van der Waals surface area contributed by atoms with E-state index in [4.69, 9.17) is 0 Å². The third-order valence-corrected chi connectivity index (χ3v) is 3.51. The van der Waals surface area contributed by atoms with Crippen LogP contribution < -0.4 is 10.2 Å². The highest BCUT2D eigenvalue weighted by Crippen LogP contribution is 2.38. The highest BCUT2D eigenvalue weighted by Gasteiger charge is 2.28. The molecule has 0 unspecified atom stereocenters. The van der Waals surface area contributed by atoms with Crippen LogP contribution in [0.15, 0.2) is 0 Å². The summed E-state index contributed by atoms with van der Waals surface area (Å²) in [7, 11) is 0. The second kappa shape index (κ2) is 5.08. The Morgan fingerprint density at radius 1 is 1.17 bits per heavy atom. The molecule has 0 amide bonds. The molecule has 2 aliphatic rings. The summed E-state index contributed by atoms with van der Waals surface area (Å²) in [6.45, 7) is 5.24. The van der Waals surface area contributed by atoms with Gasteiger partial charge in [-0.05, 0) is 32.1 Å². The first-order valence-electron chi connectivity index (χ1n) is 7.11. The van der Waals surface area contributed by atoms with Gasteiger partial charge in [0.1, 0.15) is 5.82 Å². The maximum atomic E-state index is 4.65. The molecule has 0 spiro atoms. The van der Waals surface area contributed by atoms with Gasteiger partial charge in [-0.1, -0.05) is 6.92 Å². The van der Waals surface area contributed by atoms with Crippen LogP contribution in [0.5, 0.6) is 0 Å². The summed E-state index contributed by atoms with van der Waals surface area (Å²) in [4.78, 5) is 16.0. The fourth-order valence-corrected chi connectivity index (χ4v) is 2.28. The quantitative estimate of drug-likeness (QED) is 0.864. The molecule has 1 aliphatic carbocycles. The summed E-state index contributed by atoms with van der Waals surface area (Å²) in [6, 6.07) is 0. The largest absolute Gasteiger partial charge is 0.354 e. The van der Waals surface area contributed by atoms with E-state index in [9.17, 15) is 0 Å². The van der Waals surface area contributed by atoms with Crippen molar-refractivity contribution in [2.24, 2.45) is 0 Å². The molecule has 0 radical (unpaired) electrons. The predicted octanol–water partition coefficient (Wildman–Crippen LogP) is 2.17. The minimum Gasteiger partial charge on any atom is -0.354 e. The van der Waals surface area contributed by atoms with Crippen LogP contribution in [0, 0.1) is 0 Å². The zero-order valence-electron chi connectivity index (χ0n) is 11.0. The Morgan fingerprint density at radius 3 is 2.61 bits per heavy atom. The lowest BCUT2D eigenvalue weighted by molar-refractivity contribution is 0.822. The van der Waals surface area contributed by atoms with Gasteiger partial charge in [-0.25, -0.2) is 0 Å². The van der Waals surface area contributed by atoms with Gasteiger partial charge >= 0.3 is 0 Å². The minimum atomic E-state index is 0.580. The molecule has 5 nitrogen and oxygen atoms in total. The lowest BCUT2D eigenvalue weighted by Gasteiger charge is -2.16. The Hall–Kier alpha value is -1.39. The molecule has 98 valence electrons. The second-order valence-electron chi connectivity index (χ2n) is 5.21. The van der Waals surface area contributed by atoms with Gasteiger partial charge in [0.2, 0.25) is 11.9 Å². The fraction of sp³-hybridized carbons (Fsp3) is 0.769. The molecule has 0 atom stereocenters. The van der Waals surface area contributed by atoms with Crippen LogP contribution in [0.1, 0.15) is 50.8 Å². The Kier molecular flexibility index (Phi) is 3.30. The summed E-state index contributed by atoms with van der Waals surface area (Å²) in [5.74, 6) is 3.21. The van der Waals surface area contributed by atoms with E-state index in [1.54, 1.807) is 0 Å². The van der Waals surface area contributed by atoms with Crippen molar-refractivity contribution in [3.63, 3.8) is 0 Å². The first kappa shape index (κ1) is 11.7. The molecule has 1 aliphatic heterocycles. The highest BCUT2D eigenvalue weighted by molar-refractivity contribution is 5.38. The summed E-state index contributed by atoms with van der Waals surface area (Å²) >= 11 is 0. The standard InChI is InChI=1S/C13H21N5/c1-2-7-14-12-15-11(10-5-6-10)16-13(17-12)18-8-3-4-9-18/h10H,2-9H2,1H3,(H,14,15,16,17). The summed E-state index contributed by atoms with van der Waals surface area (Å²) < 4.78 is 0. The van der Waals surface area contributed by atoms with Crippen LogP contribution in [-0.4, -0.2) is 34.6 Å². The van der Waals surface area contributed by atoms with E-state index in [0.717, 1.165) is 43.8 Å². The zero-order valence-corrected chi connectivity index (χ0v) is 11.0. The lowest BCUT2D eigenvalue weighted by atomic mass is 10.4. The normalized spacial score (nSPS) is 19.3. The lowest BCUT2D eigenvalue weighted by Crippen LogP contribution is -2.22. The van der Waals surface area contributed by atoms with E-state index in [2.05, 4.69) is 32.1 Å². The van der Waals surface area contributed by atoms with Crippen molar-refractivity contribution < 1.29 is 0 Å². The van der Waals surface area contributed by atoms with E-state index < -0.39 is 0 Å². The average Bonchev–Trinajstić information content (AvgIpc) is 3.11. The van der Waals surface area contributed by atoms with Gasteiger partial charge in [0.15, 0.2) is 0 Å². The Balaban J connectivity index is 1.83. The van der Waals surface area contributed by atoms with Crippen molar-refractivity contribution in [1.82, 2.24) is 15.0 Å². The van der Waals surface area contributed by atoms with Gasteiger partial charge in [0.05, 0.1) is 0 Å². The van der Waals surface area contributed by atoms with E-state index >= 15 is 0 Å². The van der Waals surface area contributed by atoms with Crippen LogP contribution in [0.3, 0.4) is 0 Å². The van der Waals surface area contributed by atoms with Gasteiger partial charge in [-0.2, -0.15) is 15.0 Å². The summed E-state index contributed by atoms with van der Waals surface area (Å²) in [5, 5.41) is 3.29. The number of aromatic nitrogens is 3. The second-order valence-corrected chi connectivity index (χ2v) is 5.21. The fourth-order valence-electron chi connectivity index (χ4n) is 2.28. The molecule has 1 aromatic rings. The van der Waals surface area contributed by atoms with E-state index in [1.807, 2.05) is 0 Å². The summed E-state index contributed by atoms with van der Waals surface area (Å²) in [6.07, 6.45) is 6.06. The van der Waals surface area contributed by atoms with Crippen molar-refractivity contribution in [2.75, 3.05) is 29.9 Å². The Bertz CT molecular complexity index is 410. The molecule has 1 N–H and O–H groups in total. The molecule has 2 heterocycles. The molecule has 18 heavy (non-hydrogen) atoms. The molecule has 0 bridgehead atoms. The predicted molar refractivity (Wildman–Crippen MR) is 72.0 cm³/mol. The van der Waals surface area contributed by atoms with Crippen LogP contribution >= 0.6 is 0 Å². The number of hydrogen-bond donors (Lipinski definition) is 1. The highest BCUT2D eigenvalue weighted by atomic mass is 15.3. The van der Waals surface area contributed by atoms with Gasteiger partial charge in [0.25, 0.3) is 0 Å². The SMILES string of the molecule is CCCNc1nc(C2CC2)nc(N2CCCC2)n1. The third-order valence-electron chi connectivity index (χ3n) is 3.51. The number of anilines is 2. The van der Waals surface area contributed by atoms with Crippen molar-refractivity contribution in [2.45, 2.75) is 44.9 Å². The first-order chi connectivity index (χ1) is 8.86. The maximum absolute atomic E-state index is 4.65. The first-order valence-corrected chi connectivity index (χ1v) is 7.11. The molecule has 1 saturated heterocycles. The average molecular weight is 247 g/mol. The maximum Gasteiger partial charge on any atom is 0.230 e. The third kappa shape index (κ3) is 2.54. The Labute approximate surface area is 108 Å². The van der Waals surface area contributed by atoms with Crippen LogP contribution in [0.2, 0.25) is 0 Å². The van der Waals surface area contributed by atoms with Crippen molar-refractivity contribution >= 4 is 11.9 Å². The number of rotatable bonds is 5. The smallest absolute Gasteiger partial charge is 0.230 e. The van der Waals surface area contributed by atoms with Crippen LogP contribution in [0.4, 0.5) is 11.9 Å². The van der Waals surface area contributed by atoms with Gasteiger partial charge in [-0.15, -0.1) is 0 Å². The van der Waals surface area contributed by atoms with Crippen LogP contribution in [-0.2, 0) is 0 Å². The number of nitrogens with zero attached hydrogens (tertiary/aromatic N) is 4. The van der Waals surface area contributed by atoms with E-state index in [-0.39, 0.29) is 0 Å². The van der Waals surface area contributed by atoms with Gasteiger partial charge in [0, 0.05) is 25.6 Å². The number of nitrogens with one attached hydrogen (secondary N) is 1. The molecule has 2 fully saturated rings. The minimum absolute atomic E-state index is 0.580. The molecule has 3 rings (SSSR count). The topological polar surface area (TPSA) is 53.9 Å². The van der Waals surface area contributed by atoms with E-state index in [1.165, 1.54) is 25.7 Å². The molecule has 5 heteroatoms. The van der Waals surface area contributed by atoms with Crippen molar-refractivity contribution in [3.05, 3.63) is 5.82 Å². The molecule has 1 aromatic heterocycles. The van der Waals surface area contributed by atoms with Gasteiger partial charge in [-0.3, -0.25) is 0 Å². The Morgan fingerprint density at radius 2 is 1.94 bits per heavy atom. The summed E-state index contributed by atoms with van der Waals surface area (Å²) in [5.41, 5.74) is 0. The molecular formula is C13H21N5. The molecule has 1 saturated carbocycles. The van der Waals surface area contributed by atoms with Crippen molar-refractivity contribution in [1.29, 1.82) is 0 Å². The van der Waals surface area contributed by atoms with Gasteiger partial charge < -0.3 is 10.2 Å². The number of hydrogen-bond acceptors (Lipinski definition) is 5. The van der Waals surface area contributed by atoms with E-state index in [0.29, 0.717) is 5.92 Å². The monoisotopic (exact) mass is 247 g/mol. The van der Waals surface area contributed by atoms with Crippen molar-refractivity contribution in [3.8, 4) is 0 Å². The molecule has 0 aromatic carbocycles. The van der Waals surface area contributed by atoms with Crippen LogP contribution in [0.25, 0.3) is 0 Å². The zero-order chi connectivity index (χ0) is 12.4.